The van der Waals surface area contributed by atoms with E-state index in [1.54, 1.807) is 61.8 Å². The van der Waals surface area contributed by atoms with Crippen LogP contribution in [0.3, 0.4) is 0 Å². The molecule has 218 valence electrons. The number of nitrogens with one attached hydrogen (secondary N) is 2. The van der Waals surface area contributed by atoms with Gasteiger partial charge in [0.25, 0.3) is 5.91 Å². The Morgan fingerprint density at radius 3 is 2.42 bits per heavy atom. The lowest BCUT2D eigenvalue weighted by Crippen LogP contribution is -2.44. The van der Waals surface area contributed by atoms with E-state index in [1.165, 1.54) is 10.4 Å². The second kappa shape index (κ2) is 11.7. The number of hydrogen-bond acceptors (Lipinski definition) is 7. The molecule has 0 saturated carbocycles. The summed E-state index contributed by atoms with van der Waals surface area (Å²) in [4.78, 5) is 48.2. The lowest BCUT2D eigenvalue weighted by Gasteiger charge is -2.34. The Labute approximate surface area is 250 Å². The van der Waals surface area contributed by atoms with Crippen molar-refractivity contribution in [2.24, 2.45) is 12.0 Å². The molecule has 10 heteroatoms. The third-order valence-electron chi connectivity index (χ3n) is 7.90. The van der Waals surface area contributed by atoms with Crippen LogP contribution < -0.4 is 15.5 Å². The monoisotopic (exact) mass is 575 g/mol. The van der Waals surface area contributed by atoms with E-state index in [0.717, 1.165) is 43.1 Å². The third-order valence-corrected chi connectivity index (χ3v) is 7.90. The minimum absolute atomic E-state index is 0.187. The quantitative estimate of drug-likeness (QED) is 0.250. The number of fused-ring (bicyclic) bond motifs is 1. The number of anilines is 3. The van der Waals surface area contributed by atoms with Crippen molar-refractivity contribution in [3.8, 4) is 0 Å². The van der Waals surface area contributed by atoms with Crippen LogP contribution in [-0.2, 0) is 11.8 Å². The SMILES string of the molecule is Cc1cc(C(=O)Nc2cccc(C(=O)c3ccc4c(c3)NC(=O)C4C=Nc3ccc(N4CCN(C)CC4)cc3)c2)n(C)n1. The van der Waals surface area contributed by atoms with E-state index in [4.69, 9.17) is 0 Å². The average molecular weight is 576 g/mol. The van der Waals surface area contributed by atoms with Crippen LogP contribution >= 0.6 is 0 Å². The smallest absolute Gasteiger partial charge is 0.273 e. The van der Waals surface area contributed by atoms with Gasteiger partial charge in [-0.25, -0.2) is 0 Å². The molecule has 1 unspecified atom stereocenters. The van der Waals surface area contributed by atoms with E-state index in [-0.39, 0.29) is 17.6 Å². The number of likely N-dealkylation sites (N-methyl/N-ethyl adjacent to an activating group) is 1. The van der Waals surface area contributed by atoms with Gasteiger partial charge in [0.05, 0.1) is 11.4 Å². The second-order valence-electron chi connectivity index (χ2n) is 11.0. The van der Waals surface area contributed by atoms with Gasteiger partial charge in [-0.15, -0.1) is 0 Å². The van der Waals surface area contributed by atoms with Gasteiger partial charge in [0, 0.05) is 67.6 Å². The fourth-order valence-electron chi connectivity index (χ4n) is 5.47. The molecule has 43 heavy (non-hydrogen) atoms. The molecule has 1 fully saturated rings. The highest BCUT2D eigenvalue weighted by atomic mass is 16.2. The van der Waals surface area contributed by atoms with Gasteiger partial charge < -0.3 is 20.4 Å². The zero-order chi connectivity index (χ0) is 30.1. The first-order valence-electron chi connectivity index (χ1n) is 14.2. The summed E-state index contributed by atoms with van der Waals surface area (Å²) in [7, 11) is 3.84. The van der Waals surface area contributed by atoms with E-state index in [1.807, 2.05) is 19.1 Å². The molecule has 0 bridgehead atoms. The zero-order valence-electron chi connectivity index (χ0n) is 24.4. The lowest BCUT2D eigenvalue weighted by molar-refractivity contribution is -0.115. The molecule has 1 saturated heterocycles. The summed E-state index contributed by atoms with van der Waals surface area (Å²) in [6.45, 7) is 5.89. The maximum Gasteiger partial charge on any atom is 0.273 e. The topological polar surface area (TPSA) is 112 Å². The molecule has 1 aromatic heterocycles. The number of ketones is 1. The largest absolute Gasteiger partial charge is 0.369 e. The Hall–Kier alpha value is -5.09. The summed E-state index contributed by atoms with van der Waals surface area (Å²) < 4.78 is 1.52. The number of amides is 2. The highest BCUT2D eigenvalue weighted by Gasteiger charge is 2.30. The minimum Gasteiger partial charge on any atom is -0.369 e. The highest BCUT2D eigenvalue weighted by Crippen LogP contribution is 2.33. The van der Waals surface area contributed by atoms with E-state index in [2.05, 4.69) is 49.7 Å². The Balaban J connectivity index is 1.14. The van der Waals surface area contributed by atoms with Gasteiger partial charge >= 0.3 is 0 Å². The maximum atomic E-state index is 13.4. The first-order valence-corrected chi connectivity index (χ1v) is 14.2. The number of hydrogen-bond donors (Lipinski definition) is 2. The normalized spacial score (nSPS) is 16.8. The van der Waals surface area contributed by atoms with Crippen molar-refractivity contribution in [3.05, 3.63) is 101 Å². The Bertz CT molecular complexity index is 1730. The predicted octanol–water partition coefficient (Wildman–Crippen LogP) is 4.40. The molecular weight excluding hydrogens is 542 g/mol. The van der Waals surface area contributed by atoms with E-state index in [9.17, 15) is 14.4 Å². The van der Waals surface area contributed by atoms with E-state index >= 15 is 0 Å². The molecule has 10 nitrogen and oxygen atoms in total. The summed E-state index contributed by atoms with van der Waals surface area (Å²) in [6.07, 6.45) is 1.66. The maximum absolute atomic E-state index is 13.4. The summed E-state index contributed by atoms with van der Waals surface area (Å²) in [5.74, 6) is -1.27. The minimum atomic E-state index is -0.550. The molecular formula is C33H33N7O3. The number of nitrogens with zero attached hydrogens (tertiary/aromatic N) is 5. The van der Waals surface area contributed by atoms with Gasteiger partial charge in [-0.05, 0) is 68.1 Å². The molecule has 4 aromatic rings. The van der Waals surface area contributed by atoms with Gasteiger partial charge in [-0.3, -0.25) is 24.1 Å². The molecule has 6 rings (SSSR count). The van der Waals surface area contributed by atoms with Crippen LogP contribution in [-0.4, -0.2) is 71.7 Å². The Morgan fingerprint density at radius 1 is 0.953 bits per heavy atom. The number of aryl methyl sites for hydroxylation is 2. The van der Waals surface area contributed by atoms with Crippen molar-refractivity contribution in [1.82, 2.24) is 14.7 Å². The summed E-state index contributed by atoms with van der Waals surface area (Å²) in [5, 5.41) is 9.93. The number of benzene rings is 3. The number of aromatic nitrogens is 2. The average Bonchev–Trinajstić information content (AvgIpc) is 3.52. The summed E-state index contributed by atoms with van der Waals surface area (Å²) in [6, 6.07) is 21.8. The molecule has 0 radical (unpaired) electrons. The molecule has 1 atom stereocenters. The standard InChI is InChI=1S/C33H33N7O3/c1-21-17-30(39(3)37-21)33(43)35-25-6-4-5-22(18-25)31(41)23-7-12-27-28(32(42)36-29(27)19-23)20-34-24-8-10-26(11-9-24)40-15-13-38(2)14-16-40/h4-12,17-20,28H,13-16H2,1-3H3,(H,35,43)(H,36,42). The van der Waals surface area contributed by atoms with Crippen LogP contribution in [0.25, 0.3) is 0 Å². The molecule has 2 N–H and O–H groups in total. The van der Waals surface area contributed by atoms with Gasteiger partial charge in [0.1, 0.15) is 11.6 Å². The van der Waals surface area contributed by atoms with Crippen molar-refractivity contribution in [2.75, 3.05) is 48.8 Å². The van der Waals surface area contributed by atoms with Crippen LogP contribution in [0, 0.1) is 6.92 Å². The first kappa shape index (κ1) is 28.0. The molecule has 3 aromatic carbocycles. The van der Waals surface area contributed by atoms with Crippen LogP contribution in [0.1, 0.15) is 43.6 Å². The van der Waals surface area contributed by atoms with Crippen molar-refractivity contribution in [2.45, 2.75) is 12.8 Å². The molecule has 3 heterocycles. The van der Waals surface area contributed by atoms with Crippen molar-refractivity contribution in [1.29, 1.82) is 0 Å². The molecule has 2 aliphatic rings. The molecule has 2 aliphatic heterocycles. The number of piperazine rings is 1. The summed E-state index contributed by atoms with van der Waals surface area (Å²) >= 11 is 0. The fourth-order valence-corrected chi connectivity index (χ4v) is 5.47. The van der Waals surface area contributed by atoms with Crippen LogP contribution in [0.2, 0.25) is 0 Å². The highest BCUT2D eigenvalue weighted by molar-refractivity contribution is 6.15. The van der Waals surface area contributed by atoms with Crippen molar-refractivity contribution in [3.63, 3.8) is 0 Å². The predicted molar refractivity (Wildman–Crippen MR) is 168 cm³/mol. The van der Waals surface area contributed by atoms with Crippen molar-refractivity contribution < 1.29 is 14.4 Å². The molecule has 2 amide bonds. The van der Waals surface area contributed by atoms with Crippen molar-refractivity contribution >= 4 is 46.6 Å². The van der Waals surface area contributed by atoms with Gasteiger partial charge in [-0.1, -0.05) is 24.3 Å². The number of rotatable bonds is 7. The number of carbonyl (C=O) groups excluding carboxylic acids is 3. The fraction of sp³-hybridized carbons (Fsp3) is 0.242. The first-order chi connectivity index (χ1) is 20.7. The number of carbonyl (C=O) groups is 3. The van der Waals surface area contributed by atoms with E-state index < -0.39 is 5.92 Å². The lowest BCUT2D eigenvalue weighted by atomic mass is 9.97. The summed E-state index contributed by atoms with van der Waals surface area (Å²) in [5.41, 5.74) is 5.82. The van der Waals surface area contributed by atoms with E-state index in [0.29, 0.717) is 28.2 Å². The Morgan fingerprint density at radius 2 is 1.70 bits per heavy atom. The van der Waals surface area contributed by atoms with Crippen LogP contribution in [0.15, 0.2) is 77.8 Å². The van der Waals surface area contributed by atoms with Gasteiger partial charge in [-0.2, -0.15) is 5.10 Å². The van der Waals surface area contributed by atoms with Gasteiger partial charge in [0.2, 0.25) is 5.91 Å². The zero-order valence-corrected chi connectivity index (χ0v) is 24.4. The Kier molecular flexibility index (Phi) is 7.60. The van der Waals surface area contributed by atoms with Crippen LogP contribution in [0.5, 0.6) is 0 Å². The van der Waals surface area contributed by atoms with Crippen LogP contribution in [0.4, 0.5) is 22.7 Å². The molecule has 0 aliphatic carbocycles. The van der Waals surface area contributed by atoms with Gasteiger partial charge in [0.15, 0.2) is 5.78 Å². The second-order valence-corrected chi connectivity index (χ2v) is 11.0. The third kappa shape index (κ3) is 5.96. The number of aliphatic imine (C=N–C) groups is 1. The molecule has 0 spiro atoms.